The molecule has 0 unspecified atom stereocenters. The van der Waals surface area contributed by atoms with E-state index in [4.69, 9.17) is 16.3 Å². The minimum atomic E-state index is -4.05. The maximum absolute atomic E-state index is 13.4. The first-order valence-electron chi connectivity index (χ1n) is 9.41. The zero-order valence-corrected chi connectivity index (χ0v) is 20.7. The summed E-state index contributed by atoms with van der Waals surface area (Å²) in [6.07, 6.45) is 0. The van der Waals surface area contributed by atoms with Gasteiger partial charge in [0.1, 0.15) is 12.3 Å². The van der Waals surface area contributed by atoms with Gasteiger partial charge in [0.25, 0.3) is 10.0 Å². The average molecular weight is 513 g/mol. The van der Waals surface area contributed by atoms with Crippen molar-refractivity contribution < 1.29 is 17.9 Å². The van der Waals surface area contributed by atoms with E-state index in [1.165, 1.54) is 42.3 Å². The number of carbonyl (C=O) groups excluding carboxylic acids is 1. The van der Waals surface area contributed by atoms with Crippen LogP contribution < -0.4 is 14.4 Å². The summed E-state index contributed by atoms with van der Waals surface area (Å²) in [4.78, 5) is 12.8. The summed E-state index contributed by atoms with van der Waals surface area (Å²) in [5.41, 5.74) is 0.300. The van der Waals surface area contributed by atoms with Crippen LogP contribution in [0.25, 0.3) is 0 Å². The predicted octanol–water partition coefficient (Wildman–Crippen LogP) is 4.53. The first kappa shape index (κ1) is 24.3. The second-order valence-electron chi connectivity index (χ2n) is 6.75. The van der Waals surface area contributed by atoms with Crippen molar-refractivity contribution in [2.24, 2.45) is 0 Å². The van der Waals surface area contributed by atoms with Gasteiger partial charge in [0, 0.05) is 10.3 Å². The summed E-state index contributed by atoms with van der Waals surface area (Å²) in [6.45, 7) is 3.60. The van der Waals surface area contributed by atoms with Gasteiger partial charge in [-0.1, -0.05) is 48.5 Å². The highest BCUT2D eigenvalue weighted by atomic mass is 35.5. The summed E-state index contributed by atoms with van der Waals surface area (Å²) in [6, 6.07) is 12.1. The van der Waals surface area contributed by atoms with Gasteiger partial charge >= 0.3 is 0 Å². The number of thioether (sulfide) groups is 1. The second-order valence-corrected chi connectivity index (χ2v) is 11.9. The fourth-order valence-electron chi connectivity index (χ4n) is 2.60. The number of halogens is 1. The van der Waals surface area contributed by atoms with Gasteiger partial charge < -0.3 is 4.74 Å². The van der Waals surface area contributed by atoms with Crippen LogP contribution in [0.5, 0.6) is 5.75 Å². The van der Waals surface area contributed by atoms with E-state index in [-0.39, 0.29) is 4.90 Å². The Labute approximate surface area is 200 Å². The molecule has 3 aromatic rings. The fourth-order valence-corrected chi connectivity index (χ4v) is 6.13. The van der Waals surface area contributed by atoms with E-state index in [9.17, 15) is 13.2 Å². The number of nitrogens with one attached hydrogen (secondary N) is 1. The number of ether oxygens (including phenoxy) is 1. The summed E-state index contributed by atoms with van der Waals surface area (Å²) in [7, 11) is -2.56. The van der Waals surface area contributed by atoms with Crippen molar-refractivity contribution in [2.75, 3.05) is 23.3 Å². The normalized spacial score (nSPS) is 11.4. The molecular formula is C20H21ClN4O4S3. The molecule has 0 fully saturated rings. The molecule has 0 saturated heterocycles. The molecule has 0 atom stereocenters. The van der Waals surface area contributed by atoms with Gasteiger partial charge in [-0.15, -0.1) is 10.2 Å². The first-order chi connectivity index (χ1) is 15.2. The standard InChI is InChI=1S/C20H21ClN4O4S3/c1-13(2)30-20-24-23-19(31-20)22-18(26)12-25(15-6-4-14(21)5-7-15)32(27,28)17-10-8-16(29-3)9-11-17/h4-11,13H,12H2,1-3H3,(H,22,23,26). The number of amides is 1. The molecule has 1 N–H and O–H groups in total. The number of benzene rings is 2. The van der Waals surface area contributed by atoms with E-state index in [1.54, 1.807) is 36.4 Å². The third-order valence-electron chi connectivity index (χ3n) is 4.04. The minimum absolute atomic E-state index is 0.0209. The van der Waals surface area contributed by atoms with E-state index in [2.05, 4.69) is 15.5 Å². The van der Waals surface area contributed by atoms with Crippen LogP contribution in [0.4, 0.5) is 10.8 Å². The molecule has 2 aromatic carbocycles. The monoisotopic (exact) mass is 512 g/mol. The molecule has 0 spiro atoms. The van der Waals surface area contributed by atoms with Crippen LogP contribution in [0.15, 0.2) is 57.8 Å². The molecule has 170 valence electrons. The number of sulfonamides is 1. The van der Waals surface area contributed by atoms with Crippen molar-refractivity contribution in [1.82, 2.24) is 10.2 Å². The van der Waals surface area contributed by atoms with Crippen LogP contribution in [0.2, 0.25) is 5.02 Å². The largest absolute Gasteiger partial charge is 0.497 e. The maximum Gasteiger partial charge on any atom is 0.264 e. The third kappa shape index (κ3) is 6.12. The van der Waals surface area contributed by atoms with Gasteiger partial charge in [-0.2, -0.15) is 0 Å². The van der Waals surface area contributed by atoms with E-state index in [1.807, 2.05) is 13.8 Å². The van der Waals surface area contributed by atoms with E-state index in [0.29, 0.717) is 26.8 Å². The number of aromatic nitrogens is 2. The highest BCUT2D eigenvalue weighted by Crippen LogP contribution is 2.29. The van der Waals surface area contributed by atoms with Crippen LogP contribution in [0, 0.1) is 0 Å². The number of methoxy groups -OCH3 is 1. The number of carbonyl (C=O) groups is 1. The molecule has 8 nitrogen and oxygen atoms in total. The Morgan fingerprint density at radius 2 is 1.81 bits per heavy atom. The quantitative estimate of drug-likeness (QED) is 0.332. The number of nitrogens with zero attached hydrogens (tertiary/aromatic N) is 3. The predicted molar refractivity (Wildman–Crippen MR) is 129 cm³/mol. The molecule has 0 aliphatic carbocycles. The lowest BCUT2D eigenvalue weighted by Gasteiger charge is -2.24. The topological polar surface area (TPSA) is 101 Å². The highest BCUT2D eigenvalue weighted by Gasteiger charge is 2.27. The number of rotatable bonds is 9. The minimum Gasteiger partial charge on any atom is -0.497 e. The molecule has 1 heterocycles. The Morgan fingerprint density at radius 3 is 2.41 bits per heavy atom. The average Bonchev–Trinajstić information content (AvgIpc) is 3.18. The number of hydrogen-bond donors (Lipinski definition) is 1. The smallest absolute Gasteiger partial charge is 0.264 e. The summed E-state index contributed by atoms with van der Waals surface area (Å²) >= 11 is 8.71. The summed E-state index contributed by atoms with van der Waals surface area (Å²) < 4.78 is 33.6. The zero-order chi connectivity index (χ0) is 23.3. The van der Waals surface area contributed by atoms with Crippen molar-refractivity contribution in [3.63, 3.8) is 0 Å². The van der Waals surface area contributed by atoms with Crippen LogP contribution in [0.3, 0.4) is 0 Å². The van der Waals surface area contributed by atoms with Gasteiger partial charge in [0.2, 0.25) is 11.0 Å². The fraction of sp³-hybridized carbons (Fsp3) is 0.250. The molecule has 0 saturated carbocycles. The Morgan fingerprint density at radius 1 is 1.16 bits per heavy atom. The van der Waals surface area contributed by atoms with Crippen LogP contribution in [-0.2, 0) is 14.8 Å². The molecule has 0 aliphatic heterocycles. The summed E-state index contributed by atoms with van der Waals surface area (Å²) in [5.74, 6) is -0.0274. The Kier molecular flexibility index (Phi) is 7.99. The third-order valence-corrected chi connectivity index (χ3v) is 8.01. The van der Waals surface area contributed by atoms with Crippen LogP contribution in [0.1, 0.15) is 13.8 Å². The number of anilines is 2. The second kappa shape index (κ2) is 10.5. The van der Waals surface area contributed by atoms with Gasteiger partial charge in [-0.25, -0.2) is 8.42 Å². The lowest BCUT2D eigenvalue weighted by molar-refractivity contribution is -0.114. The molecule has 12 heteroatoms. The van der Waals surface area contributed by atoms with Gasteiger partial charge in [-0.3, -0.25) is 14.4 Å². The molecule has 3 rings (SSSR count). The SMILES string of the molecule is COc1ccc(S(=O)(=O)N(CC(=O)Nc2nnc(SC(C)C)s2)c2ccc(Cl)cc2)cc1. The number of hydrogen-bond acceptors (Lipinski definition) is 8. The zero-order valence-electron chi connectivity index (χ0n) is 17.5. The van der Waals surface area contributed by atoms with Gasteiger partial charge in [0.05, 0.1) is 17.7 Å². The highest BCUT2D eigenvalue weighted by molar-refractivity contribution is 8.01. The molecular weight excluding hydrogens is 492 g/mol. The Hall–Kier alpha value is -2.34. The Bertz CT molecular complexity index is 1170. The first-order valence-corrected chi connectivity index (χ1v) is 12.9. The van der Waals surface area contributed by atoms with Gasteiger partial charge in [-0.05, 0) is 48.5 Å². The van der Waals surface area contributed by atoms with Crippen molar-refractivity contribution in [1.29, 1.82) is 0 Å². The molecule has 0 radical (unpaired) electrons. The molecule has 1 amide bonds. The molecule has 32 heavy (non-hydrogen) atoms. The van der Waals surface area contributed by atoms with Crippen molar-refractivity contribution >= 4 is 61.4 Å². The maximum atomic E-state index is 13.4. The molecule has 0 aliphatic rings. The van der Waals surface area contributed by atoms with Crippen LogP contribution in [-0.4, -0.2) is 43.4 Å². The Balaban J connectivity index is 1.86. The van der Waals surface area contributed by atoms with E-state index >= 15 is 0 Å². The van der Waals surface area contributed by atoms with Crippen molar-refractivity contribution in [3.8, 4) is 5.75 Å². The van der Waals surface area contributed by atoms with Crippen molar-refractivity contribution in [3.05, 3.63) is 53.6 Å². The van der Waals surface area contributed by atoms with Crippen LogP contribution >= 0.6 is 34.7 Å². The van der Waals surface area contributed by atoms with E-state index < -0.39 is 22.5 Å². The lowest BCUT2D eigenvalue weighted by atomic mass is 10.3. The molecule has 1 aromatic heterocycles. The lowest BCUT2D eigenvalue weighted by Crippen LogP contribution is -2.38. The van der Waals surface area contributed by atoms with Gasteiger partial charge in [0.15, 0.2) is 4.34 Å². The molecule has 0 bridgehead atoms. The van der Waals surface area contributed by atoms with Crippen molar-refractivity contribution in [2.45, 2.75) is 28.3 Å². The van der Waals surface area contributed by atoms with E-state index in [0.717, 1.165) is 8.64 Å². The summed E-state index contributed by atoms with van der Waals surface area (Å²) in [5, 5.41) is 11.7.